The lowest BCUT2D eigenvalue weighted by Crippen LogP contribution is -2.29. The van der Waals surface area contributed by atoms with E-state index in [1.54, 1.807) is 0 Å². The summed E-state index contributed by atoms with van der Waals surface area (Å²) in [6, 6.07) is 11.7. The van der Waals surface area contributed by atoms with Gasteiger partial charge in [0.1, 0.15) is 6.07 Å². The molecule has 2 aromatic rings. The van der Waals surface area contributed by atoms with Crippen molar-refractivity contribution in [2.45, 2.75) is 12.8 Å². The highest BCUT2D eigenvalue weighted by Crippen LogP contribution is 2.01. The fraction of sp³-hybridized carbons (Fsp3) is 0.214. The Balaban J connectivity index is 1.74. The number of nitrogens with one attached hydrogen (secondary N) is 1. The molecule has 0 unspecified atom stereocenters. The smallest absolute Gasteiger partial charge is 0.336 e. The number of aryl methyl sites for hydroxylation is 1. The van der Waals surface area contributed by atoms with E-state index in [2.05, 4.69) is 22.5 Å². The minimum absolute atomic E-state index is 0.311. The molecule has 96 valence electrons. The Labute approximate surface area is 111 Å². The highest BCUT2D eigenvalue weighted by Gasteiger charge is 2.05. The van der Waals surface area contributed by atoms with Crippen LogP contribution in [0.25, 0.3) is 0 Å². The first-order valence-corrected chi connectivity index (χ1v) is 6.06. The van der Waals surface area contributed by atoms with Gasteiger partial charge in [0.05, 0.1) is 18.0 Å². The van der Waals surface area contributed by atoms with Crippen molar-refractivity contribution in [3.05, 3.63) is 53.9 Å². The van der Waals surface area contributed by atoms with E-state index in [9.17, 15) is 4.79 Å². The maximum atomic E-state index is 11.7. The molecule has 0 bridgehead atoms. The lowest BCUT2D eigenvalue weighted by atomic mass is 10.1. The highest BCUT2D eigenvalue weighted by molar-refractivity contribution is 5.75. The Morgan fingerprint density at radius 2 is 2.16 bits per heavy atom. The molecule has 2 rings (SSSR count). The number of carbonyl (C=O) groups is 1. The molecule has 0 atom stereocenters. The number of hydrogen-bond acceptors (Lipinski definition) is 3. The minimum Gasteiger partial charge on any atom is -0.336 e. The molecule has 0 aliphatic rings. The number of amides is 1. The fourth-order valence-electron chi connectivity index (χ4n) is 1.71. The molecule has 1 aromatic carbocycles. The highest BCUT2D eigenvalue weighted by atomic mass is 16.2. The average Bonchev–Trinajstić information content (AvgIpc) is 2.93. The molecule has 1 amide bonds. The molecule has 19 heavy (non-hydrogen) atoms. The SMILES string of the molecule is N#Cc1cnn(C(=O)NCCCc2ccccc2)c1. The summed E-state index contributed by atoms with van der Waals surface area (Å²) in [6.07, 6.45) is 4.56. The van der Waals surface area contributed by atoms with Gasteiger partial charge >= 0.3 is 6.03 Å². The Morgan fingerprint density at radius 1 is 1.37 bits per heavy atom. The van der Waals surface area contributed by atoms with Crippen molar-refractivity contribution in [3.8, 4) is 6.07 Å². The van der Waals surface area contributed by atoms with Gasteiger partial charge < -0.3 is 5.32 Å². The Bertz CT molecular complexity index is 583. The number of nitrogens with zero attached hydrogens (tertiary/aromatic N) is 3. The zero-order valence-corrected chi connectivity index (χ0v) is 10.4. The van der Waals surface area contributed by atoms with Gasteiger partial charge in [-0.25, -0.2) is 4.79 Å². The number of hydrogen-bond donors (Lipinski definition) is 1. The van der Waals surface area contributed by atoms with Crippen LogP contribution < -0.4 is 5.32 Å². The van der Waals surface area contributed by atoms with Crippen molar-refractivity contribution in [1.82, 2.24) is 15.1 Å². The van der Waals surface area contributed by atoms with Crippen LogP contribution >= 0.6 is 0 Å². The molecule has 5 heteroatoms. The van der Waals surface area contributed by atoms with Gasteiger partial charge in [0, 0.05) is 6.54 Å². The minimum atomic E-state index is -0.311. The van der Waals surface area contributed by atoms with E-state index >= 15 is 0 Å². The number of rotatable bonds is 4. The number of carbonyl (C=O) groups excluding carboxylic acids is 1. The average molecular weight is 254 g/mol. The van der Waals surface area contributed by atoms with E-state index < -0.39 is 0 Å². The van der Waals surface area contributed by atoms with E-state index in [1.165, 1.54) is 18.0 Å². The van der Waals surface area contributed by atoms with E-state index in [0.717, 1.165) is 17.5 Å². The topological polar surface area (TPSA) is 70.7 Å². The second-order valence-corrected chi connectivity index (χ2v) is 4.11. The Kier molecular flexibility index (Phi) is 4.29. The molecular weight excluding hydrogens is 240 g/mol. The summed E-state index contributed by atoms with van der Waals surface area (Å²) in [5.74, 6) is 0. The molecular formula is C14H14N4O. The second-order valence-electron chi connectivity index (χ2n) is 4.11. The predicted molar refractivity (Wildman–Crippen MR) is 70.5 cm³/mol. The summed E-state index contributed by atoms with van der Waals surface area (Å²) < 4.78 is 1.14. The molecule has 0 saturated heterocycles. The first-order chi connectivity index (χ1) is 9.29. The van der Waals surface area contributed by atoms with Crippen LogP contribution in [-0.2, 0) is 6.42 Å². The third kappa shape index (κ3) is 3.68. The van der Waals surface area contributed by atoms with E-state index in [1.807, 2.05) is 24.3 Å². The van der Waals surface area contributed by atoms with Crippen LogP contribution in [-0.4, -0.2) is 22.4 Å². The van der Waals surface area contributed by atoms with Crippen LogP contribution in [0.4, 0.5) is 4.79 Å². The van der Waals surface area contributed by atoms with E-state index in [4.69, 9.17) is 5.26 Å². The summed E-state index contributed by atoms with van der Waals surface area (Å²) in [5, 5.41) is 15.2. The predicted octanol–water partition coefficient (Wildman–Crippen LogP) is 1.95. The molecule has 0 aliphatic heterocycles. The number of nitriles is 1. The van der Waals surface area contributed by atoms with E-state index in [0.29, 0.717) is 12.1 Å². The van der Waals surface area contributed by atoms with Gasteiger partial charge in [-0.1, -0.05) is 30.3 Å². The van der Waals surface area contributed by atoms with Crippen molar-refractivity contribution >= 4 is 6.03 Å². The molecule has 5 nitrogen and oxygen atoms in total. The van der Waals surface area contributed by atoms with E-state index in [-0.39, 0.29) is 6.03 Å². The molecule has 1 heterocycles. The third-order valence-electron chi connectivity index (χ3n) is 2.68. The lowest BCUT2D eigenvalue weighted by molar-refractivity contribution is 0.239. The molecule has 1 N–H and O–H groups in total. The maximum absolute atomic E-state index is 11.7. The number of benzene rings is 1. The zero-order chi connectivity index (χ0) is 13.5. The Hall–Kier alpha value is -2.61. The van der Waals surface area contributed by atoms with Crippen molar-refractivity contribution < 1.29 is 4.79 Å². The molecule has 0 radical (unpaired) electrons. The second kappa shape index (κ2) is 6.36. The van der Waals surface area contributed by atoms with Gasteiger partial charge in [-0.3, -0.25) is 0 Å². The van der Waals surface area contributed by atoms with Crippen molar-refractivity contribution in [2.24, 2.45) is 0 Å². The van der Waals surface area contributed by atoms with Crippen molar-refractivity contribution in [3.63, 3.8) is 0 Å². The summed E-state index contributed by atoms with van der Waals surface area (Å²) in [6.45, 7) is 0.579. The van der Waals surface area contributed by atoms with Crippen LogP contribution in [0.3, 0.4) is 0 Å². The summed E-state index contributed by atoms with van der Waals surface area (Å²) in [7, 11) is 0. The molecule has 0 fully saturated rings. The van der Waals surface area contributed by atoms with Crippen molar-refractivity contribution in [1.29, 1.82) is 5.26 Å². The monoisotopic (exact) mass is 254 g/mol. The molecule has 0 saturated carbocycles. The molecule has 0 aliphatic carbocycles. The van der Waals surface area contributed by atoms with Gasteiger partial charge in [-0.2, -0.15) is 15.0 Å². The van der Waals surface area contributed by atoms with Gasteiger partial charge in [0.2, 0.25) is 0 Å². The summed E-state index contributed by atoms with van der Waals surface area (Å²) in [5.41, 5.74) is 1.63. The van der Waals surface area contributed by atoms with Crippen LogP contribution in [0.15, 0.2) is 42.7 Å². The summed E-state index contributed by atoms with van der Waals surface area (Å²) >= 11 is 0. The van der Waals surface area contributed by atoms with Gasteiger partial charge in [0.15, 0.2) is 0 Å². The zero-order valence-electron chi connectivity index (χ0n) is 10.4. The van der Waals surface area contributed by atoms with Gasteiger partial charge in [0.25, 0.3) is 0 Å². The fourth-order valence-corrected chi connectivity index (χ4v) is 1.71. The standard InChI is InChI=1S/C14H14N4O/c15-9-13-10-17-18(11-13)14(19)16-8-4-7-12-5-2-1-3-6-12/h1-3,5-6,10-11H,4,7-8H2,(H,16,19). The first kappa shape index (κ1) is 12.8. The summed E-state index contributed by atoms with van der Waals surface area (Å²) in [4.78, 5) is 11.7. The molecule has 1 aromatic heterocycles. The normalized spacial score (nSPS) is 9.84. The molecule has 0 spiro atoms. The van der Waals surface area contributed by atoms with Crippen LogP contribution in [0.1, 0.15) is 17.5 Å². The van der Waals surface area contributed by atoms with Crippen LogP contribution in [0, 0.1) is 11.3 Å². The first-order valence-electron chi connectivity index (χ1n) is 6.06. The Morgan fingerprint density at radius 3 is 2.84 bits per heavy atom. The number of aromatic nitrogens is 2. The maximum Gasteiger partial charge on any atom is 0.342 e. The van der Waals surface area contributed by atoms with Gasteiger partial charge in [-0.05, 0) is 18.4 Å². The van der Waals surface area contributed by atoms with Crippen LogP contribution in [0.5, 0.6) is 0 Å². The van der Waals surface area contributed by atoms with Crippen molar-refractivity contribution in [2.75, 3.05) is 6.54 Å². The third-order valence-corrected chi connectivity index (χ3v) is 2.68. The van der Waals surface area contributed by atoms with Crippen LogP contribution in [0.2, 0.25) is 0 Å². The quantitative estimate of drug-likeness (QED) is 0.848. The van der Waals surface area contributed by atoms with Gasteiger partial charge in [-0.15, -0.1) is 0 Å². The lowest BCUT2D eigenvalue weighted by Gasteiger charge is -2.04. The largest absolute Gasteiger partial charge is 0.342 e.